The Bertz CT molecular complexity index is 913. The summed E-state index contributed by atoms with van der Waals surface area (Å²) in [7, 11) is 1.56. The van der Waals surface area contributed by atoms with Crippen molar-refractivity contribution in [2.45, 2.75) is 19.4 Å². The zero-order valence-corrected chi connectivity index (χ0v) is 19.0. The lowest BCUT2D eigenvalue weighted by Crippen LogP contribution is -2.32. The zero-order valence-electron chi connectivity index (χ0n) is 17.5. The predicted octanol–water partition coefficient (Wildman–Crippen LogP) is 4.42. The van der Waals surface area contributed by atoms with E-state index in [1.54, 1.807) is 31.4 Å². The molecule has 2 aromatic rings. The highest BCUT2D eigenvalue weighted by Crippen LogP contribution is 2.29. The predicted molar refractivity (Wildman–Crippen MR) is 121 cm³/mol. The van der Waals surface area contributed by atoms with E-state index < -0.39 is 6.10 Å². The van der Waals surface area contributed by atoms with Crippen LogP contribution in [-0.2, 0) is 20.7 Å². The maximum Gasteiger partial charge on any atom is 0.253 e. The smallest absolute Gasteiger partial charge is 0.253 e. The maximum absolute atomic E-state index is 12.8. The number of halogens is 2. The highest BCUT2D eigenvalue weighted by Gasteiger charge is 2.22. The van der Waals surface area contributed by atoms with Crippen molar-refractivity contribution in [1.29, 1.82) is 0 Å². The minimum absolute atomic E-state index is 0.0227. The normalized spacial score (nSPS) is 11.5. The van der Waals surface area contributed by atoms with Crippen molar-refractivity contribution in [2.24, 2.45) is 0 Å². The van der Waals surface area contributed by atoms with E-state index in [1.165, 1.54) is 0 Å². The summed E-state index contributed by atoms with van der Waals surface area (Å²) < 4.78 is 21.6. The van der Waals surface area contributed by atoms with Crippen molar-refractivity contribution in [3.63, 3.8) is 0 Å². The van der Waals surface area contributed by atoms with E-state index >= 15 is 0 Å². The van der Waals surface area contributed by atoms with Gasteiger partial charge in [-0.05, 0) is 48.7 Å². The molecule has 6 nitrogen and oxygen atoms in total. The molecular weight excluding hydrogens is 441 g/mol. The first-order valence-electron chi connectivity index (χ1n) is 9.65. The number of benzene rings is 2. The summed E-state index contributed by atoms with van der Waals surface area (Å²) in [6.07, 6.45) is 4.93. The van der Waals surface area contributed by atoms with Crippen molar-refractivity contribution in [3.8, 4) is 23.8 Å². The average Bonchev–Trinajstić information content (AvgIpc) is 2.77. The van der Waals surface area contributed by atoms with E-state index in [9.17, 15) is 4.79 Å². The third-order valence-electron chi connectivity index (χ3n) is 4.26. The van der Waals surface area contributed by atoms with Gasteiger partial charge in [0.05, 0.1) is 17.2 Å². The fourth-order valence-electron chi connectivity index (χ4n) is 2.73. The van der Waals surface area contributed by atoms with Gasteiger partial charge < -0.3 is 24.3 Å². The number of nitrogens with one attached hydrogen (secondary N) is 1. The fourth-order valence-corrected chi connectivity index (χ4v) is 3.03. The molecule has 2 rings (SSSR count). The van der Waals surface area contributed by atoms with Crippen molar-refractivity contribution in [2.75, 3.05) is 33.7 Å². The molecule has 0 radical (unpaired) electrons. The number of methoxy groups -OCH3 is 1. The molecule has 2 aromatic carbocycles. The second-order valence-corrected chi connectivity index (χ2v) is 7.16. The number of hydrogen-bond donors (Lipinski definition) is 1. The standard InChI is InChI=1S/C23H25Cl2NO5/c1-4-12-30-20-9-6-16(13-21(20)28-3)10-11-26-23(27)22(31-15-29-5-2)17-7-8-18(24)19(25)14-17/h1,6-9,13-14,22H,5,10-12,15H2,2-3H3,(H,26,27)/t22-/m0/s1. The van der Waals surface area contributed by atoms with Gasteiger partial charge in [0.25, 0.3) is 5.91 Å². The minimum atomic E-state index is -0.879. The molecule has 0 spiro atoms. The number of amides is 1. The number of carbonyl (C=O) groups is 1. The van der Waals surface area contributed by atoms with Gasteiger partial charge in [0.15, 0.2) is 17.6 Å². The summed E-state index contributed by atoms with van der Waals surface area (Å²) in [4.78, 5) is 12.8. The van der Waals surface area contributed by atoms with E-state index in [1.807, 2.05) is 19.1 Å². The fraction of sp³-hybridized carbons (Fsp3) is 0.348. The summed E-state index contributed by atoms with van der Waals surface area (Å²) in [5.41, 5.74) is 1.55. The van der Waals surface area contributed by atoms with Crippen molar-refractivity contribution in [1.82, 2.24) is 5.32 Å². The molecule has 0 aliphatic rings. The SMILES string of the molecule is C#CCOc1ccc(CCNC(=O)[C@@H](OCOCC)c2ccc(Cl)c(Cl)c2)cc1OC. The highest BCUT2D eigenvalue weighted by molar-refractivity contribution is 6.42. The molecule has 0 heterocycles. The van der Waals surface area contributed by atoms with Crippen LogP contribution in [0.25, 0.3) is 0 Å². The molecule has 0 saturated heterocycles. The molecule has 0 saturated carbocycles. The lowest BCUT2D eigenvalue weighted by Gasteiger charge is -2.18. The van der Waals surface area contributed by atoms with Crippen LogP contribution in [0.4, 0.5) is 0 Å². The van der Waals surface area contributed by atoms with Crippen molar-refractivity contribution in [3.05, 3.63) is 57.6 Å². The second kappa shape index (κ2) is 13.1. The molecule has 31 heavy (non-hydrogen) atoms. The lowest BCUT2D eigenvalue weighted by atomic mass is 10.1. The Labute approximate surface area is 192 Å². The van der Waals surface area contributed by atoms with Crippen LogP contribution >= 0.6 is 23.2 Å². The van der Waals surface area contributed by atoms with Gasteiger partial charge >= 0.3 is 0 Å². The van der Waals surface area contributed by atoms with Gasteiger partial charge in [-0.1, -0.05) is 41.3 Å². The van der Waals surface area contributed by atoms with Gasteiger partial charge in [0, 0.05) is 13.2 Å². The maximum atomic E-state index is 12.8. The van der Waals surface area contributed by atoms with Crippen LogP contribution in [0, 0.1) is 12.3 Å². The van der Waals surface area contributed by atoms with Crippen LogP contribution < -0.4 is 14.8 Å². The van der Waals surface area contributed by atoms with E-state index in [0.717, 1.165) is 5.56 Å². The number of rotatable bonds is 12. The van der Waals surface area contributed by atoms with E-state index in [0.29, 0.717) is 46.7 Å². The van der Waals surface area contributed by atoms with Crippen LogP contribution in [0.15, 0.2) is 36.4 Å². The van der Waals surface area contributed by atoms with Crippen LogP contribution in [0.2, 0.25) is 10.0 Å². The summed E-state index contributed by atoms with van der Waals surface area (Å²) >= 11 is 12.1. The molecule has 0 bridgehead atoms. The molecule has 1 N–H and O–H groups in total. The molecule has 0 fully saturated rings. The average molecular weight is 466 g/mol. The van der Waals surface area contributed by atoms with E-state index in [-0.39, 0.29) is 19.3 Å². The third-order valence-corrected chi connectivity index (χ3v) is 5.00. The molecule has 1 amide bonds. The van der Waals surface area contributed by atoms with Gasteiger partial charge in [0.1, 0.15) is 13.4 Å². The van der Waals surface area contributed by atoms with Gasteiger partial charge in [-0.2, -0.15) is 0 Å². The van der Waals surface area contributed by atoms with Gasteiger partial charge in [-0.3, -0.25) is 4.79 Å². The van der Waals surface area contributed by atoms with Crippen LogP contribution in [-0.4, -0.2) is 39.6 Å². The van der Waals surface area contributed by atoms with Gasteiger partial charge in [0.2, 0.25) is 0 Å². The topological polar surface area (TPSA) is 66.0 Å². The molecule has 0 unspecified atom stereocenters. The number of terminal acetylenes is 1. The number of hydrogen-bond acceptors (Lipinski definition) is 5. The van der Waals surface area contributed by atoms with E-state index in [2.05, 4.69) is 11.2 Å². The molecule has 0 aromatic heterocycles. The van der Waals surface area contributed by atoms with Crippen LogP contribution in [0.1, 0.15) is 24.2 Å². The molecule has 0 aliphatic carbocycles. The second-order valence-electron chi connectivity index (χ2n) is 6.35. The monoisotopic (exact) mass is 465 g/mol. The van der Waals surface area contributed by atoms with Crippen molar-refractivity contribution < 1.29 is 23.7 Å². The van der Waals surface area contributed by atoms with Crippen LogP contribution in [0.3, 0.4) is 0 Å². The summed E-state index contributed by atoms with van der Waals surface area (Å²) in [5.74, 6) is 3.25. The Balaban J connectivity index is 2.01. The molecule has 0 aliphatic heterocycles. The minimum Gasteiger partial charge on any atom is -0.493 e. The van der Waals surface area contributed by atoms with Gasteiger partial charge in [-0.25, -0.2) is 0 Å². The van der Waals surface area contributed by atoms with Crippen molar-refractivity contribution >= 4 is 29.1 Å². The largest absolute Gasteiger partial charge is 0.493 e. The number of ether oxygens (including phenoxy) is 4. The Morgan fingerprint density at radius 1 is 1.16 bits per heavy atom. The zero-order chi connectivity index (χ0) is 22.6. The molecule has 1 atom stereocenters. The Hall–Kier alpha value is -2.43. The Morgan fingerprint density at radius 3 is 2.65 bits per heavy atom. The third kappa shape index (κ3) is 7.64. The van der Waals surface area contributed by atoms with Gasteiger partial charge in [-0.15, -0.1) is 6.42 Å². The first-order chi connectivity index (χ1) is 15.0. The summed E-state index contributed by atoms with van der Waals surface area (Å²) in [6, 6.07) is 10.5. The lowest BCUT2D eigenvalue weighted by molar-refractivity contribution is -0.144. The van der Waals surface area contributed by atoms with Crippen LogP contribution in [0.5, 0.6) is 11.5 Å². The first kappa shape index (κ1) is 24.8. The highest BCUT2D eigenvalue weighted by atomic mass is 35.5. The van der Waals surface area contributed by atoms with E-state index in [4.69, 9.17) is 48.6 Å². The molecule has 166 valence electrons. The molecule has 8 heteroatoms. The quantitative estimate of drug-likeness (QED) is 0.285. The Kier molecular flexibility index (Phi) is 10.5. The first-order valence-corrected chi connectivity index (χ1v) is 10.4. The summed E-state index contributed by atoms with van der Waals surface area (Å²) in [5, 5.41) is 3.63. The Morgan fingerprint density at radius 2 is 1.97 bits per heavy atom. The summed E-state index contributed by atoms with van der Waals surface area (Å²) in [6.45, 7) is 2.84. The number of carbonyl (C=O) groups excluding carboxylic acids is 1. The molecular formula is C23H25Cl2NO5.